The minimum Gasteiger partial charge on any atom is -0.373 e. The maximum absolute atomic E-state index is 13.4. The second kappa shape index (κ2) is 5.69. The third-order valence-electron chi connectivity index (χ3n) is 3.06. The van der Waals surface area contributed by atoms with Crippen LogP contribution in [0.25, 0.3) is 6.08 Å². The summed E-state index contributed by atoms with van der Waals surface area (Å²) in [6.07, 6.45) is -3.44. The van der Waals surface area contributed by atoms with Crippen LogP contribution in [0, 0.1) is 5.82 Å². The van der Waals surface area contributed by atoms with E-state index < -0.39 is 17.6 Å². The zero-order valence-electron chi connectivity index (χ0n) is 10.8. The molecule has 0 aliphatic heterocycles. The SMILES string of the molecule is OC(C=Cc1ccccc1F)(c1ccccc1)C(F)(F)F. The number of hydrogen-bond acceptors (Lipinski definition) is 1. The standard InChI is InChI=1S/C16H12F4O/c17-14-9-5-4-6-12(14)10-11-15(21,16(18,19)20)13-7-2-1-3-8-13/h1-11,21H. The first-order valence-corrected chi connectivity index (χ1v) is 6.13. The van der Waals surface area contributed by atoms with E-state index in [0.29, 0.717) is 6.08 Å². The fraction of sp³-hybridized carbons (Fsp3) is 0.125. The highest BCUT2D eigenvalue weighted by atomic mass is 19.4. The van der Waals surface area contributed by atoms with Crippen molar-refractivity contribution in [2.24, 2.45) is 0 Å². The summed E-state index contributed by atoms with van der Waals surface area (Å²) < 4.78 is 53.0. The summed E-state index contributed by atoms with van der Waals surface area (Å²) in [5, 5.41) is 10.0. The van der Waals surface area contributed by atoms with E-state index in [1.807, 2.05) is 0 Å². The molecule has 0 bridgehead atoms. The number of aliphatic hydroxyl groups is 1. The van der Waals surface area contributed by atoms with Gasteiger partial charge in [0.2, 0.25) is 5.60 Å². The van der Waals surface area contributed by atoms with Crippen LogP contribution >= 0.6 is 0 Å². The smallest absolute Gasteiger partial charge is 0.373 e. The third kappa shape index (κ3) is 3.13. The van der Waals surface area contributed by atoms with Crippen LogP contribution in [0.1, 0.15) is 11.1 Å². The number of rotatable bonds is 3. The van der Waals surface area contributed by atoms with Gasteiger partial charge in [-0.25, -0.2) is 4.39 Å². The second-order valence-electron chi connectivity index (χ2n) is 4.49. The molecule has 110 valence electrons. The molecule has 2 aromatic rings. The Labute approximate surface area is 119 Å². The molecule has 2 aromatic carbocycles. The van der Waals surface area contributed by atoms with Crippen molar-refractivity contribution in [1.82, 2.24) is 0 Å². The van der Waals surface area contributed by atoms with E-state index >= 15 is 0 Å². The first-order valence-electron chi connectivity index (χ1n) is 6.13. The predicted molar refractivity (Wildman–Crippen MR) is 71.8 cm³/mol. The van der Waals surface area contributed by atoms with Crippen molar-refractivity contribution >= 4 is 6.08 Å². The van der Waals surface area contributed by atoms with Gasteiger partial charge in [0.15, 0.2) is 0 Å². The molecule has 0 aliphatic carbocycles. The Bertz CT molecular complexity index is 634. The Hall–Kier alpha value is -2.14. The zero-order valence-corrected chi connectivity index (χ0v) is 10.8. The normalized spacial score (nSPS) is 15.1. The van der Waals surface area contributed by atoms with Crippen LogP contribution in [-0.4, -0.2) is 11.3 Å². The van der Waals surface area contributed by atoms with Gasteiger partial charge in [0.25, 0.3) is 0 Å². The monoisotopic (exact) mass is 296 g/mol. The Kier molecular flexibility index (Phi) is 4.14. The lowest BCUT2D eigenvalue weighted by Crippen LogP contribution is -2.40. The van der Waals surface area contributed by atoms with Crippen LogP contribution in [0.3, 0.4) is 0 Å². The Morgan fingerprint density at radius 2 is 1.43 bits per heavy atom. The topological polar surface area (TPSA) is 20.2 Å². The van der Waals surface area contributed by atoms with E-state index in [-0.39, 0.29) is 11.1 Å². The van der Waals surface area contributed by atoms with Gasteiger partial charge in [0.05, 0.1) is 0 Å². The highest BCUT2D eigenvalue weighted by Gasteiger charge is 2.53. The van der Waals surface area contributed by atoms with Crippen molar-refractivity contribution in [2.45, 2.75) is 11.8 Å². The van der Waals surface area contributed by atoms with E-state index in [9.17, 15) is 22.7 Å². The highest BCUT2D eigenvalue weighted by Crippen LogP contribution is 2.40. The van der Waals surface area contributed by atoms with Crippen LogP contribution in [-0.2, 0) is 5.60 Å². The summed E-state index contributed by atoms with van der Waals surface area (Å²) in [7, 11) is 0. The van der Waals surface area contributed by atoms with E-state index in [2.05, 4.69) is 0 Å². The largest absolute Gasteiger partial charge is 0.425 e. The van der Waals surface area contributed by atoms with Gasteiger partial charge < -0.3 is 5.11 Å². The van der Waals surface area contributed by atoms with Crippen LogP contribution < -0.4 is 0 Å². The summed E-state index contributed by atoms with van der Waals surface area (Å²) in [5.41, 5.74) is -3.53. The van der Waals surface area contributed by atoms with Gasteiger partial charge in [0.1, 0.15) is 5.82 Å². The number of halogens is 4. The molecule has 0 aromatic heterocycles. The Morgan fingerprint density at radius 1 is 0.857 bits per heavy atom. The van der Waals surface area contributed by atoms with E-state index in [0.717, 1.165) is 12.1 Å². The molecule has 0 heterocycles. The molecule has 1 atom stereocenters. The maximum Gasteiger partial charge on any atom is 0.425 e. The molecule has 0 radical (unpaired) electrons. The van der Waals surface area contributed by atoms with Crippen LogP contribution in [0.5, 0.6) is 0 Å². The average Bonchev–Trinajstić information content (AvgIpc) is 2.46. The van der Waals surface area contributed by atoms with Gasteiger partial charge in [-0.05, 0) is 17.7 Å². The molecule has 0 saturated carbocycles. The lowest BCUT2D eigenvalue weighted by Gasteiger charge is -2.28. The van der Waals surface area contributed by atoms with Gasteiger partial charge >= 0.3 is 6.18 Å². The van der Waals surface area contributed by atoms with Gasteiger partial charge in [-0.3, -0.25) is 0 Å². The molecule has 0 amide bonds. The molecule has 2 rings (SSSR count). The number of alkyl halides is 3. The summed E-state index contributed by atoms with van der Waals surface area (Å²) in [6.45, 7) is 0. The highest BCUT2D eigenvalue weighted by molar-refractivity contribution is 5.52. The predicted octanol–water partition coefficient (Wildman–Crippen LogP) is 4.29. The van der Waals surface area contributed by atoms with Gasteiger partial charge in [-0.1, -0.05) is 54.6 Å². The molecule has 1 unspecified atom stereocenters. The van der Waals surface area contributed by atoms with Crippen LogP contribution in [0.4, 0.5) is 17.6 Å². The van der Waals surface area contributed by atoms with Crippen molar-refractivity contribution in [3.05, 3.63) is 77.6 Å². The molecule has 0 spiro atoms. The molecule has 0 fully saturated rings. The molecule has 1 N–H and O–H groups in total. The average molecular weight is 296 g/mol. The third-order valence-corrected chi connectivity index (χ3v) is 3.06. The Morgan fingerprint density at radius 3 is 2.00 bits per heavy atom. The molecule has 0 aliphatic rings. The van der Waals surface area contributed by atoms with E-state index in [4.69, 9.17) is 0 Å². The summed E-state index contributed by atoms with van der Waals surface area (Å²) in [5.74, 6) is -0.661. The van der Waals surface area contributed by atoms with Gasteiger partial charge in [0, 0.05) is 5.56 Å². The van der Waals surface area contributed by atoms with E-state index in [1.165, 1.54) is 42.5 Å². The Balaban J connectivity index is 2.46. The molecule has 21 heavy (non-hydrogen) atoms. The lowest BCUT2D eigenvalue weighted by molar-refractivity contribution is -0.244. The van der Waals surface area contributed by atoms with Crippen molar-refractivity contribution in [1.29, 1.82) is 0 Å². The van der Waals surface area contributed by atoms with Crippen molar-refractivity contribution in [3.63, 3.8) is 0 Å². The van der Waals surface area contributed by atoms with E-state index in [1.54, 1.807) is 6.07 Å². The van der Waals surface area contributed by atoms with Gasteiger partial charge in [-0.2, -0.15) is 13.2 Å². The number of hydrogen-bond donors (Lipinski definition) is 1. The minimum atomic E-state index is -4.92. The van der Waals surface area contributed by atoms with Crippen molar-refractivity contribution in [2.75, 3.05) is 0 Å². The molecule has 0 saturated heterocycles. The van der Waals surface area contributed by atoms with Crippen LogP contribution in [0.15, 0.2) is 60.7 Å². The second-order valence-corrected chi connectivity index (χ2v) is 4.49. The summed E-state index contributed by atoms with van der Waals surface area (Å²) in [6, 6.07) is 12.0. The minimum absolute atomic E-state index is 0.0314. The van der Waals surface area contributed by atoms with Crippen molar-refractivity contribution < 1.29 is 22.7 Å². The molecular formula is C16H12F4O. The van der Waals surface area contributed by atoms with Gasteiger partial charge in [-0.15, -0.1) is 0 Å². The maximum atomic E-state index is 13.4. The molecule has 1 nitrogen and oxygen atoms in total. The molecular weight excluding hydrogens is 284 g/mol. The summed E-state index contributed by atoms with van der Waals surface area (Å²) >= 11 is 0. The zero-order chi connectivity index (χ0) is 15.5. The fourth-order valence-electron chi connectivity index (χ4n) is 1.87. The van der Waals surface area contributed by atoms with Crippen LogP contribution in [0.2, 0.25) is 0 Å². The lowest BCUT2D eigenvalue weighted by atomic mass is 9.92. The van der Waals surface area contributed by atoms with Crippen molar-refractivity contribution in [3.8, 4) is 0 Å². The number of benzene rings is 2. The summed E-state index contributed by atoms with van der Waals surface area (Å²) in [4.78, 5) is 0. The molecule has 5 heteroatoms. The first kappa shape index (κ1) is 15.3. The fourth-order valence-corrected chi connectivity index (χ4v) is 1.87. The quantitative estimate of drug-likeness (QED) is 0.838. The first-order chi connectivity index (χ1) is 9.84.